The van der Waals surface area contributed by atoms with Gasteiger partial charge < -0.3 is 15.5 Å². The highest BCUT2D eigenvalue weighted by Crippen LogP contribution is 2.24. The maximum atomic E-state index is 11.4. The molecule has 1 rings (SSSR count). The van der Waals surface area contributed by atoms with E-state index in [4.69, 9.17) is 0 Å². The van der Waals surface area contributed by atoms with Gasteiger partial charge in [0.15, 0.2) is 0 Å². The lowest BCUT2D eigenvalue weighted by atomic mass is 10.1. The van der Waals surface area contributed by atoms with Crippen LogP contribution in [0.5, 0.6) is 11.5 Å². The molecule has 108 valence electrons. The lowest BCUT2D eigenvalue weighted by Crippen LogP contribution is -2.32. The molecule has 0 aliphatic carbocycles. The highest BCUT2D eigenvalue weighted by Gasteiger charge is 2.11. The number of aromatic hydroxyl groups is 2. The summed E-state index contributed by atoms with van der Waals surface area (Å²) in [6.45, 7) is 4.21. The summed E-state index contributed by atoms with van der Waals surface area (Å²) >= 11 is 0. The van der Waals surface area contributed by atoms with Crippen molar-refractivity contribution in [1.29, 1.82) is 0 Å². The summed E-state index contributed by atoms with van der Waals surface area (Å²) in [5.74, 6) is -0.0662. The van der Waals surface area contributed by atoms with Gasteiger partial charge in [-0.25, -0.2) is 13.1 Å². The molecule has 0 fully saturated rings. The molecule has 0 spiro atoms. The second kappa shape index (κ2) is 6.74. The number of nitrogens with one attached hydrogen (secondary N) is 2. The van der Waals surface area contributed by atoms with E-state index in [1.165, 1.54) is 18.2 Å². The van der Waals surface area contributed by atoms with Crippen molar-refractivity contribution in [3.63, 3.8) is 0 Å². The first kappa shape index (κ1) is 15.7. The van der Waals surface area contributed by atoms with Gasteiger partial charge in [0.05, 0.1) is 5.75 Å². The number of hydrogen-bond acceptors (Lipinski definition) is 5. The second-order valence-corrected chi connectivity index (χ2v) is 6.20. The number of hydrogen-bond donors (Lipinski definition) is 4. The van der Waals surface area contributed by atoms with Crippen LogP contribution in [0.2, 0.25) is 0 Å². The maximum absolute atomic E-state index is 11.4. The van der Waals surface area contributed by atoms with Gasteiger partial charge in [-0.05, 0) is 24.6 Å². The van der Waals surface area contributed by atoms with Gasteiger partial charge in [-0.2, -0.15) is 0 Å². The predicted molar refractivity (Wildman–Crippen MR) is 73.7 cm³/mol. The number of sulfonamides is 1. The third kappa shape index (κ3) is 5.46. The predicted octanol–water partition coefficient (Wildman–Crippen LogP) is 0.688. The van der Waals surface area contributed by atoms with E-state index in [1.54, 1.807) is 6.92 Å². The van der Waals surface area contributed by atoms with Crippen LogP contribution in [0, 0.1) is 0 Å². The van der Waals surface area contributed by atoms with Crippen LogP contribution in [0.1, 0.15) is 25.5 Å². The summed E-state index contributed by atoms with van der Waals surface area (Å²) in [4.78, 5) is 0. The van der Waals surface area contributed by atoms with Gasteiger partial charge >= 0.3 is 0 Å². The first-order valence-electron chi connectivity index (χ1n) is 6.07. The van der Waals surface area contributed by atoms with Crippen LogP contribution in [0.25, 0.3) is 0 Å². The zero-order valence-corrected chi connectivity index (χ0v) is 11.9. The minimum atomic E-state index is -3.24. The lowest BCUT2D eigenvalue weighted by molar-refractivity contribution is 0.446. The second-order valence-electron chi connectivity index (χ2n) is 4.28. The van der Waals surface area contributed by atoms with Gasteiger partial charge in [-0.15, -0.1) is 0 Å². The Labute approximate surface area is 113 Å². The van der Waals surface area contributed by atoms with Gasteiger partial charge in [-0.3, -0.25) is 0 Å². The van der Waals surface area contributed by atoms with Crippen molar-refractivity contribution in [3.05, 3.63) is 23.8 Å². The topological polar surface area (TPSA) is 98.7 Å². The van der Waals surface area contributed by atoms with Crippen molar-refractivity contribution in [2.24, 2.45) is 0 Å². The van der Waals surface area contributed by atoms with Crippen LogP contribution in [-0.4, -0.2) is 37.5 Å². The van der Waals surface area contributed by atoms with Gasteiger partial charge in [0.1, 0.15) is 11.5 Å². The standard InChI is InChI=1S/C12H20N2O4S/c1-3-14-19(17,18)5-4-13-9(2)10-6-11(15)8-12(16)7-10/h6-9,13-16H,3-5H2,1-2H3. The molecule has 1 unspecified atom stereocenters. The first-order valence-corrected chi connectivity index (χ1v) is 7.73. The minimum Gasteiger partial charge on any atom is -0.508 e. The summed E-state index contributed by atoms with van der Waals surface area (Å²) in [5.41, 5.74) is 0.693. The Kier molecular flexibility index (Phi) is 5.59. The van der Waals surface area contributed by atoms with E-state index in [9.17, 15) is 18.6 Å². The fourth-order valence-corrected chi connectivity index (χ4v) is 2.66. The van der Waals surface area contributed by atoms with Crippen molar-refractivity contribution >= 4 is 10.0 Å². The van der Waals surface area contributed by atoms with E-state index in [0.717, 1.165) is 0 Å². The van der Waals surface area contributed by atoms with Crippen LogP contribution in [0.4, 0.5) is 0 Å². The van der Waals surface area contributed by atoms with Crippen LogP contribution in [-0.2, 0) is 10.0 Å². The molecule has 19 heavy (non-hydrogen) atoms. The largest absolute Gasteiger partial charge is 0.508 e. The van der Waals surface area contributed by atoms with E-state index in [-0.39, 0.29) is 29.8 Å². The van der Waals surface area contributed by atoms with E-state index in [0.29, 0.717) is 12.1 Å². The van der Waals surface area contributed by atoms with Crippen molar-refractivity contribution in [3.8, 4) is 11.5 Å². The molecule has 1 atom stereocenters. The van der Waals surface area contributed by atoms with Crippen LogP contribution in [0.15, 0.2) is 18.2 Å². The Morgan fingerprint density at radius 2 is 1.79 bits per heavy atom. The molecule has 0 aromatic heterocycles. The molecule has 6 nitrogen and oxygen atoms in total. The van der Waals surface area contributed by atoms with Gasteiger partial charge in [0.25, 0.3) is 0 Å². The third-order valence-corrected chi connectivity index (χ3v) is 4.08. The van der Waals surface area contributed by atoms with E-state index >= 15 is 0 Å². The van der Waals surface area contributed by atoms with Crippen LogP contribution in [0.3, 0.4) is 0 Å². The highest BCUT2D eigenvalue weighted by atomic mass is 32.2. The van der Waals surface area contributed by atoms with Crippen molar-refractivity contribution in [2.45, 2.75) is 19.9 Å². The summed E-state index contributed by atoms with van der Waals surface area (Å²) in [6.07, 6.45) is 0. The number of phenols is 2. The summed E-state index contributed by atoms with van der Waals surface area (Å²) in [7, 11) is -3.24. The molecule has 1 aromatic carbocycles. The number of phenolic OH excluding ortho intramolecular Hbond substituents is 2. The molecule has 0 aliphatic heterocycles. The Bertz CT molecular complexity index is 496. The Hall–Kier alpha value is -1.31. The van der Waals surface area contributed by atoms with Crippen molar-refractivity contribution in [2.75, 3.05) is 18.8 Å². The molecule has 1 aromatic rings. The summed E-state index contributed by atoms with van der Waals surface area (Å²) in [5, 5.41) is 21.8. The Morgan fingerprint density at radius 1 is 1.21 bits per heavy atom. The minimum absolute atomic E-state index is 0.0179. The highest BCUT2D eigenvalue weighted by molar-refractivity contribution is 7.89. The zero-order chi connectivity index (χ0) is 14.5. The molecular formula is C12H20N2O4S. The Morgan fingerprint density at radius 3 is 2.32 bits per heavy atom. The average Bonchev–Trinajstić information content (AvgIpc) is 2.27. The maximum Gasteiger partial charge on any atom is 0.212 e. The Balaban J connectivity index is 2.54. The molecule has 0 amide bonds. The molecule has 0 bridgehead atoms. The average molecular weight is 288 g/mol. The zero-order valence-electron chi connectivity index (χ0n) is 11.0. The molecular weight excluding hydrogens is 268 g/mol. The fraction of sp³-hybridized carbons (Fsp3) is 0.500. The van der Waals surface area contributed by atoms with Crippen molar-refractivity contribution in [1.82, 2.24) is 10.0 Å². The molecule has 0 saturated heterocycles. The quantitative estimate of drug-likeness (QED) is 0.591. The van der Waals surface area contributed by atoms with Gasteiger partial charge in [-0.1, -0.05) is 6.92 Å². The smallest absolute Gasteiger partial charge is 0.212 e. The third-order valence-electron chi connectivity index (χ3n) is 2.61. The molecule has 4 N–H and O–H groups in total. The van der Waals surface area contributed by atoms with Crippen LogP contribution >= 0.6 is 0 Å². The van der Waals surface area contributed by atoms with Crippen LogP contribution < -0.4 is 10.0 Å². The summed E-state index contributed by atoms with van der Waals surface area (Å²) < 4.78 is 25.3. The van der Waals surface area contributed by atoms with E-state index in [1.807, 2.05) is 6.92 Å². The normalized spacial score (nSPS) is 13.4. The monoisotopic (exact) mass is 288 g/mol. The van der Waals surface area contributed by atoms with E-state index < -0.39 is 10.0 Å². The van der Waals surface area contributed by atoms with Crippen molar-refractivity contribution < 1.29 is 18.6 Å². The van der Waals surface area contributed by atoms with Gasteiger partial charge in [0, 0.05) is 25.2 Å². The fourth-order valence-electron chi connectivity index (χ4n) is 1.69. The molecule has 0 radical (unpaired) electrons. The lowest BCUT2D eigenvalue weighted by Gasteiger charge is -2.15. The molecule has 0 heterocycles. The van der Waals surface area contributed by atoms with E-state index in [2.05, 4.69) is 10.0 Å². The molecule has 7 heteroatoms. The first-order chi connectivity index (χ1) is 8.84. The number of benzene rings is 1. The van der Waals surface area contributed by atoms with Gasteiger partial charge in [0.2, 0.25) is 10.0 Å². The molecule has 0 saturated carbocycles. The summed E-state index contributed by atoms with van der Waals surface area (Å²) in [6, 6.07) is 4.12. The SMILES string of the molecule is CCNS(=O)(=O)CCNC(C)c1cc(O)cc(O)c1. The molecule has 0 aliphatic rings. The number of rotatable bonds is 7.